The predicted octanol–water partition coefficient (Wildman–Crippen LogP) is 2.99. The van der Waals surface area contributed by atoms with Crippen molar-refractivity contribution in [3.05, 3.63) is 57.5 Å². The summed E-state index contributed by atoms with van der Waals surface area (Å²) in [6, 6.07) is 9.53. The fourth-order valence-corrected chi connectivity index (χ4v) is 3.11. The molecule has 98 valence electrons. The van der Waals surface area contributed by atoms with Gasteiger partial charge in [0.2, 0.25) is 0 Å². The molecule has 0 aliphatic heterocycles. The van der Waals surface area contributed by atoms with E-state index in [-0.39, 0.29) is 5.56 Å². The number of aryl methyl sites for hydroxylation is 1. The molecule has 0 bridgehead atoms. The molecule has 0 saturated heterocycles. The van der Waals surface area contributed by atoms with Crippen molar-refractivity contribution < 1.29 is 0 Å². The van der Waals surface area contributed by atoms with E-state index in [2.05, 4.69) is 10.9 Å². The molecule has 0 atom stereocenters. The van der Waals surface area contributed by atoms with Gasteiger partial charge in [-0.2, -0.15) is 0 Å². The molecule has 0 unspecified atom stereocenters. The van der Waals surface area contributed by atoms with Crippen LogP contribution in [-0.2, 0) is 6.42 Å². The van der Waals surface area contributed by atoms with Gasteiger partial charge in [-0.1, -0.05) is 31.0 Å². The third-order valence-corrected chi connectivity index (χ3v) is 4.04. The minimum atomic E-state index is -0.0905. The van der Waals surface area contributed by atoms with E-state index >= 15 is 0 Å². The van der Waals surface area contributed by atoms with Crippen LogP contribution in [0.1, 0.15) is 18.3 Å². The van der Waals surface area contributed by atoms with Crippen LogP contribution in [0.3, 0.4) is 0 Å². The van der Waals surface area contributed by atoms with Crippen LogP contribution in [0.15, 0.2) is 40.5 Å². The summed E-state index contributed by atoms with van der Waals surface area (Å²) in [6.45, 7) is 1.99. The zero-order chi connectivity index (χ0) is 14.1. The number of hydrogen-bond donors (Lipinski definition) is 0. The fraction of sp³-hybridized carbons (Fsp3) is 0.125. The Labute approximate surface area is 120 Å². The largest absolute Gasteiger partial charge is 0.268 e. The molecule has 2 heterocycles. The van der Waals surface area contributed by atoms with Gasteiger partial charge < -0.3 is 0 Å². The third-order valence-electron chi connectivity index (χ3n) is 3.16. The second-order valence-electron chi connectivity index (χ2n) is 4.33. The quantitative estimate of drug-likeness (QED) is 0.676. The van der Waals surface area contributed by atoms with Crippen LogP contribution in [0.2, 0.25) is 0 Å². The monoisotopic (exact) mass is 280 g/mol. The van der Waals surface area contributed by atoms with Crippen molar-refractivity contribution >= 4 is 21.6 Å². The van der Waals surface area contributed by atoms with Gasteiger partial charge in [0.1, 0.15) is 10.7 Å². The highest BCUT2D eigenvalue weighted by Gasteiger charge is 2.15. The molecule has 1 aromatic carbocycles. The summed E-state index contributed by atoms with van der Waals surface area (Å²) < 4.78 is 1.65. The van der Waals surface area contributed by atoms with Crippen molar-refractivity contribution in [1.29, 1.82) is 0 Å². The van der Waals surface area contributed by atoms with Gasteiger partial charge >= 0.3 is 0 Å². The van der Waals surface area contributed by atoms with E-state index < -0.39 is 0 Å². The highest BCUT2D eigenvalue weighted by molar-refractivity contribution is 7.17. The Kier molecular flexibility index (Phi) is 3.13. The highest BCUT2D eigenvalue weighted by Crippen LogP contribution is 2.22. The van der Waals surface area contributed by atoms with E-state index in [0.29, 0.717) is 22.2 Å². The number of benzene rings is 1. The van der Waals surface area contributed by atoms with E-state index in [1.807, 2.05) is 42.6 Å². The van der Waals surface area contributed by atoms with E-state index in [4.69, 9.17) is 6.42 Å². The molecule has 0 amide bonds. The van der Waals surface area contributed by atoms with Gasteiger partial charge in [0.15, 0.2) is 0 Å². The number of fused-ring (bicyclic) bond motifs is 1. The molecular weight excluding hydrogens is 268 g/mol. The van der Waals surface area contributed by atoms with E-state index in [9.17, 15) is 4.79 Å². The minimum absolute atomic E-state index is 0.0905. The van der Waals surface area contributed by atoms with Crippen molar-refractivity contribution in [2.75, 3.05) is 0 Å². The number of hydrogen-bond acceptors (Lipinski definition) is 3. The highest BCUT2D eigenvalue weighted by atomic mass is 32.1. The minimum Gasteiger partial charge on any atom is -0.268 e. The number of para-hydroxylation sites is 1. The maximum atomic E-state index is 12.8. The molecule has 0 saturated carbocycles. The standard InChI is InChI=1S/C16H12N2OS/c1-3-11-10-20-15-14(11)16(19)18(13(4-2)17-15)12-8-6-5-7-9-12/h1,5-10H,4H2,2H3. The summed E-state index contributed by atoms with van der Waals surface area (Å²) in [7, 11) is 0. The van der Waals surface area contributed by atoms with Gasteiger partial charge in [0.25, 0.3) is 5.56 Å². The molecule has 2 aromatic heterocycles. The Hall–Kier alpha value is -2.38. The van der Waals surface area contributed by atoms with E-state index in [0.717, 1.165) is 11.5 Å². The molecule has 20 heavy (non-hydrogen) atoms. The summed E-state index contributed by atoms with van der Waals surface area (Å²) >= 11 is 1.42. The normalized spacial score (nSPS) is 10.6. The topological polar surface area (TPSA) is 34.9 Å². The van der Waals surface area contributed by atoms with Crippen molar-refractivity contribution in [3.8, 4) is 18.0 Å². The summed E-state index contributed by atoms with van der Waals surface area (Å²) in [6.07, 6.45) is 6.15. The van der Waals surface area contributed by atoms with Crippen LogP contribution in [0.4, 0.5) is 0 Å². The summed E-state index contributed by atoms with van der Waals surface area (Å²) in [4.78, 5) is 18.1. The number of nitrogens with zero attached hydrogens (tertiary/aromatic N) is 2. The van der Waals surface area contributed by atoms with Gasteiger partial charge in [-0.05, 0) is 12.1 Å². The molecule has 0 N–H and O–H groups in total. The average Bonchev–Trinajstić information content (AvgIpc) is 2.91. The second kappa shape index (κ2) is 4.95. The van der Waals surface area contributed by atoms with Gasteiger partial charge in [-0.15, -0.1) is 17.8 Å². The maximum Gasteiger partial charge on any atom is 0.268 e. The summed E-state index contributed by atoms with van der Waals surface area (Å²) in [5, 5.41) is 2.35. The summed E-state index contributed by atoms with van der Waals surface area (Å²) in [5.74, 6) is 3.31. The molecular formula is C16H12N2OS. The first-order valence-corrected chi connectivity index (χ1v) is 7.19. The third kappa shape index (κ3) is 1.84. The first-order chi connectivity index (χ1) is 9.76. The Bertz CT molecular complexity index is 869. The van der Waals surface area contributed by atoms with E-state index in [1.54, 1.807) is 4.57 Å². The first-order valence-electron chi connectivity index (χ1n) is 6.31. The van der Waals surface area contributed by atoms with Crippen LogP contribution in [0, 0.1) is 12.3 Å². The Morgan fingerprint density at radius 3 is 2.75 bits per heavy atom. The Morgan fingerprint density at radius 1 is 1.35 bits per heavy atom. The lowest BCUT2D eigenvalue weighted by molar-refractivity contribution is 0.835. The molecule has 0 spiro atoms. The lowest BCUT2D eigenvalue weighted by atomic mass is 10.2. The Balaban J connectivity index is 2.44. The predicted molar refractivity (Wildman–Crippen MR) is 82.5 cm³/mol. The molecule has 3 rings (SSSR count). The zero-order valence-electron chi connectivity index (χ0n) is 11.0. The average molecular weight is 280 g/mol. The van der Waals surface area contributed by atoms with Crippen LogP contribution in [0.25, 0.3) is 15.9 Å². The van der Waals surface area contributed by atoms with Gasteiger partial charge in [-0.25, -0.2) is 4.98 Å². The first kappa shape index (κ1) is 12.6. The van der Waals surface area contributed by atoms with Crippen LogP contribution in [0.5, 0.6) is 0 Å². The van der Waals surface area contributed by atoms with E-state index in [1.165, 1.54) is 11.3 Å². The molecule has 3 nitrogen and oxygen atoms in total. The Morgan fingerprint density at radius 2 is 2.10 bits per heavy atom. The number of terminal acetylenes is 1. The maximum absolute atomic E-state index is 12.8. The van der Waals surface area contributed by atoms with Crippen molar-refractivity contribution in [3.63, 3.8) is 0 Å². The van der Waals surface area contributed by atoms with Crippen LogP contribution >= 0.6 is 11.3 Å². The molecule has 4 heteroatoms. The fourth-order valence-electron chi connectivity index (χ4n) is 2.22. The summed E-state index contributed by atoms with van der Waals surface area (Å²) in [5.41, 5.74) is 1.35. The zero-order valence-corrected chi connectivity index (χ0v) is 11.8. The van der Waals surface area contributed by atoms with Gasteiger partial charge in [-0.3, -0.25) is 9.36 Å². The lowest BCUT2D eigenvalue weighted by Gasteiger charge is -2.11. The SMILES string of the molecule is C#Cc1csc2nc(CC)n(-c3ccccc3)c(=O)c12. The molecule has 3 aromatic rings. The van der Waals surface area contributed by atoms with Crippen molar-refractivity contribution in [2.45, 2.75) is 13.3 Å². The van der Waals surface area contributed by atoms with Crippen LogP contribution in [-0.4, -0.2) is 9.55 Å². The molecule has 0 aliphatic rings. The lowest BCUT2D eigenvalue weighted by Crippen LogP contribution is -2.23. The van der Waals surface area contributed by atoms with Gasteiger partial charge in [0.05, 0.1) is 16.6 Å². The van der Waals surface area contributed by atoms with Crippen molar-refractivity contribution in [1.82, 2.24) is 9.55 Å². The molecule has 0 radical (unpaired) electrons. The number of rotatable bonds is 2. The molecule has 0 fully saturated rings. The molecule has 0 aliphatic carbocycles. The van der Waals surface area contributed by atoms with Gasteiger partial charge in [0, 0.05) is 11.8 Å². The van der Waals surface area contributed by atoms with Crippen molar-refractivity contribution in [2.24, 2.45) is 0 Å². The second-order valence-corrected chi connectivity index (χ2v) is 5.19. The number of aromatic nitrogens is 2. The smallest absolute Gasteiger partial charge is 0.268 e. The number of thiophene rings is 1. The van der Waals surface area contributed by atoms with Crippen LogP contribution < -0.4 is 5.56 Å².